The minimum absolute atomic E-state index is 0.0123. The monoisotopic (exact) mass is 248 g/mol. The number of rotatable bonds is 3. The van der Waals surface area contributed by atoms with Gasteiger partial charge in [0.15, 0.2) is 0 Å². The molecule has 1 saturated heterocycles. The van der Waals surface area contributed by atoms with Crippen LogP contribution in [-0.4, -0.2) is 35.4 Å². The molecule has 5 heteroatoms. The second-order valence-electron chi connectivity index (χ2n) is 4.24. The highest BCUT2D eigenvalue weighted by Crippen LogP contribution is 2.38. The number of pyridine rings is 1. The molecule has 2 atom stereocenters. The van der Waals surface area contributed by atoms with Crippen LogP contribution >= 0.6 is 0 Å². The Kier molecular flexibility index (Phi) is 3.60. The average molecular weight is 248 g/mol. The highest BCUT2D eigenvalue weighted by atomic mass is 16.5. The lowest BCUT2D eigenvalue weighted by Gasteiger charge is -2.26. The molecule has 1 aromatic rings. The van der Waals surface area contributed by atoms with E-state index >= 15 is 0 Å². The molecule has 5 nitrogen and oxygen atoms in total. The minimum Gasteiger partial charge on any atom is -0.469 e. The van der Waals surface area contributed by atoms with E-state index in [1.165, 1.54) is 7.11 Å². The van der Waals surface area contributed by atoms with Gasteiger partial charge in [-0.3, -0.25) is 14.6 Å². The summed E-state index contributed by atoms with van der Waals surface area (Å²) in [7, 11) is 1.35. The molecule has 2 unspecified atom stereocenters. The van der Waals surface area contributed by atoms with E-state index in [-0.39, 0.29) is 24.3 Å². The Balaban J connectivity index is 2.37. The zero-order valence-corrected chi connectivity index (χ0v) is 10.5. The van der Waals surface area contributed by atoms with Crippen molar-refractivity contribution in [3.63, 3.8) is 0 Å². The Hall–Kier alpha value is -1.91. The summed E-state index contributed by atoms with van der Waals surface area (Å²) in [6, 6.07) is 3.43. The number of ether oxygens (including phenoxy) is 1. The molecule has 0 radical (unpaired) electrons. The number of hydrogen-bond acceptors (Lipinski definition) is 4. The highest BCUT2D eigenvalue weighted by Gasteiger charge is 2.44. The molecule has 96 valence electrons. The first-order valence-electron chi connectivity index (χ1n) is 5.96. The van der Waals surface area contributed by atoms with Crippen LogP contribution in [0.2, 0.25) is 0 Å². The van der Waals surface area contributed by atoms with E-state index in [9.17, 15) is 9.59 Å². The molecule has 1 fully saturated rings. The van der Waals surface area contributed by atoms with E-state index in [2.05, 4.69) is 4.98 Å². The molecule has 2 rings (SSSR count). The predicted molar refractivity (Wildman–Crippen MR) is 64.5 cm³/mol. The number of esters is 1. The molecule has 0 aromatic carbocycles. The van der Waals surface area contributed by atoms with Gasteiger partial charge in [0.25, 0.3) is 0 Å². The summed E-state index contributed by atoms with van der Waals surface area (Å²) in [5.74, 6) is -0.790. The van der Waals surface area contributed by atoms with Gasteiger partial charge in [0.05, 0.1) is 19.1 Å². The zero-order chi connectivity index (χ0) is 13.1. The summed E-state index contributed by atoms with van der Waals surface area (Å²) in [6.45, 7) is 2.48. The standard InChI is InChI=1S/C13H16N2O3/c1-3-15-11(16)7-10(13(17)18-2)12(15)9-5-4-6-14-8-9/h4-6,8,10,12H,3,7H2,1-2H3. The summed E-state index contributed by atoms with van der Waals surface area (Å²) in [6.07, 6.45) is 3.58. The second-order valence-corrected chi connectivity index (χ2v) is 4.24. The van der Waals surface area contributed by atoms with Gasteiger partial charge in [0.1, 0.15) is 0 Å². The van der Waals surface area contributed by atoms with Gasteiger partial charge in [-0.15, -0.1) is 0 Å². The van der Waals surface area contributed by atoms with Gasteiger partial charge in [0.2, 0.25) is 5.91 Å². The summed E-state index contributed by atoms with van der Waals surface area (Å²) >= 11 is 0. The third kappa shape index (κ3) is 2.08. The smallest absolute Gasteiger partial charge is 0.311 e. The number of hydrogen-bond donors (Lipinski definition) is 0. The van der Waals surface area contributed by atoms with Crippen LogP contribution in [0.25, 0.3) is 0 Å². The fourth-order valence-electron chi connectivity index (χ4n) is 2.49. The largest absolute Gasteiger partial charge is 0.469 e. The zero-order valence-electron chi connectivity index (χ0n) is 10.5. The third-order valence-electron chi connectivity index (χ3n) is 3.30. The van der Waals surface area contributed by atoms with E-state index in [0.717, 1.165) is 5.56 Å². The first kappa shape index (κ1) is 12.5. The van der Waals surface area contributed by atoms with Crippen molar-refractivity contribution in [2.75, 3.05) is 13.7 Å². The van der Waals surface area contributed by atoms with E-state index in [1.807, 2.05) is 13.0 Å². The lowest BCUT2D eigenvalue weighted by molar-refractivity contribution is -0.146. The van der Waals surface area contributed by atoms with Crippen molar-refractivity contribution in [1.29, 1.82) is 0 Å². The first-order valence-corrected chi connectivity index (χ1v) is 5.96. The van der Waals surface area contributed by atoms with Gasteiger partial charge in [-0.05, 0) is 18.6 Å². The maximum atomic E-state index is 11.9. The first-order chi connectivity index (χ1) is 8.69. The lowest BCUT2D eigenvalue weighted by Crippen LogP contribution is -2.30. The van der Waals surface area contributed by atoms with Crippen molar-refractivity contribution in [1.82, 2.24) is 9.88 Å². The summed E-state index contributed by atoms with van der Waals surface area (Å²) in [5.41, 5.74) is 0.876. The molecule has 1 amide bonds. The maximum absolute atomic E-state index is 11.9. The van der Waals surface area contributed by atoms with Crippen LogP contribution in [0.3, 0.4) is 0 Å². The quantitative estimate of drug-likeness (QED) is 0.753. The molecule has 0 N–H and O–H groups in total. The van der Waals surface area contributed by atoms with E-state index in [4.69, 9.17) is 4.74 Å². The average Bonchev–Trinajstić information content (AvgIpc) is 2.75. The Morgan fingerprint density at radius 2 is 2.39 bits per heavy atom. The number of carbonyl (C=O) groups excluding carboxylic acids is 2. The van der Waals surface area contributed by atoms with E-state index < -0.39 is 5.92 Å². The normalized spacial score (nSPS) is 23.2. The molecule has 0 aliphatic carbocycles. The van der Waals surface area contributed by atoms with Crippen LogP contribution in [0.1, 0.15) is 24.9 Å². The Morgan fingerprint density at radius 3 is 2.94 bits per heavy atom. The second kappa shape index (κ2) is 5.16. The maximum Gasteiger partial charge on any atom is 0.311 e. The van der Waals surface area contributed by atoms with Gasteiger partial charge in [-0.25, -0.2) is 0 Å². The predicted octanol–water partition coefficient (Wildman–Crippen LogP) is 1.16. The number of amides is 1. The van der Waals surface area contributed by atoms with Crippen LogP contribution in [-0.2, 0) is 14.3 Å². The number of methoxy groups -OCH3 is 1. The summed E-state index contributed by atoms with van der Waals surface area (Å²) in [5, 5.41) is 0. The Morgan fingerprint density at radius 1 is 1.61 bits per heavy atom. The van der Waals surface area contributed by atoms with E-state index in [1.54, 1.807) is 23.4 Å². The van der Waals surface area contributed by atoms with Crippen molar-refractivity contribution in [2.45, 2.75) is 19.4 Å². The van der Waals surface area contributed by atoms with Crippen LogP contribution in [0.4, 0.5) is 0 Å². The molecule has 0 saturated carbocycles. The highest BCUT2D eigenvalue weighted by molar-refractivity contribution is 5.88. The van der Waals surface area contributed by atoms with Crippen LogP contribution in [0, 0.1) is 5.92 Å². The van der Waals surface area contributed by atoms with Gasteiger partial charge in [-0.1, -0.05) is 6.07 Å². The number of nitrogens with zero attached hydrogens (tertiary/aromatic N) is 2. The van der Waals surface area contributed by atoms with Crippen molar-refractivity contribution >= 4 is 11.9 Å². The molecule has 1 aliphatic rings. The van der Waals surface area contributed by atoms with Crippen molar-refractivity contribution in [3.8, 4) is 0 Å². The topological polar surface area (TPSA) is 59.5 Å². The summed E-state index contributed by atoms with van der Waals surface area (Å²) < 4.78 is 4.79. The van der Waals surface area contributed by atoms with Gasteiger partial charge in [-0.2, -0.15) is 0 Å². The Bertz CT molecular complexity index is 445. The fourth-order valence-corrected chi connectivity index (χ4v) is 2.49. The van der Waals surface area contributed by atoms with Crippen molar-refractivity contribution in [2.24, 2.45) is 5.92 Å². The molecule has 0 spiro atoms. The van der Waals surface area contributed by atoms with Crippen LogP contribution in [0.5, 0.6) is 0 Å². The number of likely N-dealkylation sites (tertiary alicyclic amines) is 1. The molecule has 1 aliphatic heterocycles. The van der Waals surface area contributed by atoms with Crippen LogP contribution in [0.15, 0.2) is 24.5 Å². The molecular weight excluding hydrogens is 232 g/mol. The fraction of sp³-hybridized carbons (Fsp3) is 0.462. The molecule has 2 heterocycles. The lowest BCUT2D eigenvalue weighted by atomic mass is 9.95. The van der Waals surface area contributed by atoms with Gasteiger partial charge >= 0.3 is 5.97 Å². The minimum atomic E-state index is -0.438. The third-order valence-corrected chi connectivity index (χ3v) is 3.30. The van der Waals surface area contributed by atoms with E-state index in [0.29, 0.717) is 6.54 Å². The van der Waals surface area contributed by atoms with Crippen LogP contribution < -0.4 is 0 Å². The van der Waals surface area contributed by atoms with Crippen molar-refractivity contribution < 1.29 is 14.3 Å². The SMILES string of the molecule is CCN1C(=O)CC(C(=O)OC)C1c1cccnc1. The van der Waals surface area contributed by atoms with Gasteiger partial charge < -0.3 is 9.64 Å². The molecular formula is C13H16N2O3. The van der Waals surface area contributed by atoms with Crippen molar-refractivity contribution in [3.05, 3.63) is 30.1 Å². The Labute approximate surface area is 106 Å². The molecule has 18 heavy (non-hydrogen) atoms. The number of carbonyl (C=O) groups is 2. The number of aromatic nitrogens is 1. The molecule has 0 bridgehead atoms. The van der Waals surface area contributed by atoms with Gasteiger partial charge in [0, 0.05) is 25.4 Å². The summed E-state index contributed by atoms with van der Waals surface area (Å²) in [4.78, 5) is 29.5. The molecule has 1 aromatic heterocycles.